The average Bonchev–Trinajstić information content (AvgIpc) is 2.19. The van der Waals surface area contributed by atoms with Gasteiger partial charge in [0.15, 0.2) is 0 Å². The van der Waals surface area contributed by atoms with Crippen molar-refractivity contribution >= 4 is 23.4 Å². The summed E-state index contributed by atoms with van der Waals surface area (Å²) in [5, 5.41) is 4.07. The molecular formula is C10H12ClNOS. The average molecular weight is 230 g/mol. The van der Waals surface area contributed by atoms with Gasteiger partial charge in [0.1, 0.15) is 5.44 Å². The summed E-state index contributed by atoms with van der Waals surface area (Å²) in [6.07, 6.45) is 0. The first-order valence-electron chi connectivity index (χ1n) is 4.59. The van der Waals surface area contributed by atoms with E-state index in [0.29, 0.717) is 0 Å². The minimum atomic E-state index is 0.210. The number of rotatable bonds is 2. The summed E-state index contributed by atoms with van der Waals surface area (Å²) in [6.45, 7) is 2.64. The monoisotopic (exact) mass is 229 g/mol. The molecule has 76 valence electrons. The normalized spacial score (nSPS) is 22.2. The Hall–Kier alpha value is -0.220. The lowest BCUT2D eigenvalue weighted by atomic mass is 10.4. The Balaban J connectivity index is 1.95. The molecule has 1 aromatic carbocycles. The molecule has 1 unspecified atom stereocenters. The molecule has 1 saturated heterocycles. The molecule has 1 aliphatic heterocycles. The van der Waals surface area contributed by atoms with Crippen molar-refractivity contribution in [3.8, 4) is 0 Å². The third-order valence-corrected chi connectivity index (χ3v) is 3.28. The molecule has 0 radical (unpaired) electrons. The van der Waals surface area contributed by atoms with Crippen molar-refractivity contribution in [1.82, 2.24) is 5.32 Å². The zero-order valence-electron chi connectivity index (χ0n) is 7.70. The smallest absolute Gasteiger partial charge is 0.120 e. The fraction of sp³-hybridized carbons (Fsp3) is 0.400. The van der Waals surface area contributed by atoms with Gasteiger partial charge in [0.25, 0.3) is 0 Å². The van der Waals surface area contributed by atoms with E-state index >= 15 is 0 Å². The number of benzene rings is 1. The lowest BCUT2D eigenvalue weighted by molar-refractivity contribution is 0.0853. The van der Waals surface area contributed by atoms with E-state index in [-0.39, 0.29) is 5.44 Å². The van der Waals surface area contributed by atoms with Crippen LogP contribution in [0.1, 0.15) is 0 Å². The Labute approximate surface area is 93.0 Å². The van der Waals surface area contributed by atoms with Gasteiger partial charge in [-0.25, -0.2) is 0 Å². The minimum absolute atomic E-state index is 0.210. The van der Waals surface area contributed by atoms with Gasteiger partial charge < -0.3 is 10.1 Å². The maximum Gasteiger partial charge on any atom is 0.120 e. The molecule has 1 atom stereocenters. The number of hydrogen-bond donors (Lipinski definition) is 1. The van der Waals surface area contributed by atoms with Gasteiger partial charge in [-0.2, -0.15) is 0 Å². The van der Waals surface area contributed by atoms with E-state index < -0.39 is 0 Å². The Kier molecular flexibility index (Phi) is 3.70. The molecular weight excluding hydrogens is 218 g/mol. The van der Waals surface area contributed by atoms with Crippen LogP contribution in [0.4, 0.5) is 0 Å². The summed E-state index contributed by atoms with van der Waals surface area (Å²) >= 11 is 7.60. The summed E-state index contributed by atoms with van der Waals surface area (Å²) in [6, 6.07) is 7.85. The zero-order chi connectivity index (χ0) is 9.80. The fourth-order valence-corrected chi connectivity index (χ4v) is 2.59. The van der Waals surface area contributed by atoms with E-state index in [0.717, 1.165) is 29.6 Å². The van der Waals surface area contributed by atoms with Crippen molar-refractivity contribution in [3.05, 3.63) is 29.3 Å². The molecule has 0 aliphatic carbocycles. The van der Waals surface area contributed by atoms with Gasteiger partial charge in [0.05, 0.1) is 6.61 Å². The highest BCUT2D eigenvalue weighted by Gasteiger charge is 2.14. The summed E-state index contributed by atoms with van der Waals surface area (Å²) in [5.41, 5.74) is 0.210. The molecule has 2 rings (SSSR count). The van der Waals surface area contributed by atoms with E-state index in [4.69, 9.17) is 16.3 Å². The van der Waals surface area contributed by atoms with Crippen molar-refractivity contribution in [2.75, 3.05) is 19.7 Å². The molecule has 1 aliphatic rings. The van der Waals surface area contributed by atoms with Crippen molar-refractivity contribution < 1.29 is 4.74 Å². The van der Waals surface area contributed by atoms with Crippen LogP contribution in [0.3, 0.4) is 0 Å². The zero-order valence-corrected chi connectivity index (χ0v) is 9.27. The molecule has 1 fully saturated rings. The molecule has 0 saturated carbocycles. The SMILES string of the molecule is Clc1cccc(SC2CNCCO2)c1. The van der Waals surface area contributed by atoms with Crippen LogP contribution in [-0.4, -0.2) is 25.1 Å². The third-order valence-electron chi connectivity index (χ3n) is 1.96. The molecule has 14 heavy (non-hydrogen) atoms. The second-order valence-corrected chi connectivity index (χ2v) is 4.75. The van der Waals surface area contributed by atoms with Gasteiger partial charge in [-0.15, -0.1) is 0 Å². The highest BCUT2D eigenvalue weighted by molar-refractivity contribution is 7.99. The second-order valence-electron chi connectivity index (χ2n) is 3.08. The summed E-state index contributed by atoms with van der Waals surface area (Å²) in [4.78, 5) is 1.16. The van der Waals surface area contributed by atoms with Gasteiger partial charge >= 0.3 is 0 Å². The standard InChI is InChI=1S/C10H12ClNOS/c11-8-2-1-3-9(6-8)14-10-7-12-4-5-13-10/h1-3,6,10,12H,4-5,7H2. The van der Waals surface area contributed by atoms with Crippen molar-refractivity contribution in [2.45, 2.75) is 10.3 Å². The molecule has 0 aromatic heterocycles. The van der Waals surface area contributed by atoms with Crippen molar-refractivity contribution in [3.63, 3.8) is 0 Å². The van der Waals surface area contributed by atoms with Crippen LogP contribution in [0.5, 0.6) is 0 Å². The molecule has 4 heteroatoms. The van der Waals surface area contributed by atoms with Gasteiger partial charge in [0.2, 0.25) is 0 Å². The molecule has 0 spiro atoms. The van der Waals surface area contributed by atoms with Crippen LogP contribution in [0.15, 0.2) is 29.2 Å². The maximum atomic E-state index is 5.89. The summed E-state index contributed by atoms with van der Waals surface area (Å²) in [7, 11) is 0. The summed E-state index contributed by atoms with van der Waals surface area (Å²) < 4.78 is 5.58. The number of ether oxygens (including phenoxy) is 1. The predicted molar refractivity (Wildman–Crippen MR) is 59.9 cm³/mol. The third kappa shape index (κ3) is 2.89. The predicted octanol–water partition coefficient (Wildman–Crippen LogP) is 2.38. The van der Waals surface area contributed by atoms with Gasteiger partial charge in [-0.1, -0.05) is 29.4 Å². The number of morpholine rings is 1. The molecule has 1 N–H and O–H groups in total. The number of thioether (sulfide) groups is 1. The minimum Gasteiger partial charge on any atom is -0.365 e. The van der Waals surface area contributed by atoms with Crippen LogP contribution < -0.4 is 5.32 Å². The number of nitrogens with one attached hydrogen (secondary N) is 1. The Morgan fingerprint density at radius 1 is 1.50 bits per heavy atom. The van der Waals surface area contributed by atoms with E-state index in [1.807, 2.05) is 18.2 Å². The Morgan fingerprint density at radius 3 is 3.14 bits per heavy atom. The molecule has 1 aromatic rings. The Bertz CT molecular complexity index is 302. The van der Waals surface area contributed by atoms with Crippen LogP contribution >= 0.6 is 23.4 Å². The lowest BCUT2D eigenvalue weighted by Crippen LogP contribution is -2.36. The van der Waals surface area contributed by atoms with Crippen LogP contribution in [-0.2, 0) is 4.74 Å². The van der Waals surface area contributed by atoms with Gasteiger partial charge in [-0.05, 0) is 18.2 Å². The van der Waals surface area contributed by atoms with E-state index in [1.165, 1.54) is 0 Å². The van der Waals surface area contributed by atoms with E-state index in [9.17, 15) is 0 Å². The van der Waals surface area contributed by atoms with E-state index in [1.54, 1.807) is 11.8 Å². The van der Waals surface area contributed by atoms with Crippen molar-refractivity contribution in [1.29, 1.82) is 0 Å². The topological polar surface area (TPSA) is 21.3 Å². The highest BCUT2D eigenvalue weighted by Crippen LogP contribution is 2.26. The quantitative estimate of drug-likeness (QED) is 0.842. The summed E-state index contributed by atoms with van der Waals surface area (Å²) in [5.74, 6) is 0. The largest absolute Gasteiger partial charge is 0.365 e. The first kappa shape index (κ1) is 10.3. The van der Waals surface area contributed by atoms with E-state index in [2.05, 4.69) is 11.4 Å². The number of halogens is 1. The number of hydrogen-bond acceptors (Lipinski definition) is 3. The van der Waals surface area contributed by atoms with Gasteiger partial charge in [-0.3, -0.25) is 0 Å². The highest BCUT2D eigenvalue weighted by atomic mass is 35.5. The second kappa shape index (κ2) is 5.03. The van der Waals surface area contributed by atoms with Crippen LogP contribution in [0.2, 0.25) is 5.02 Å². The molecule has 2 nitrogen and oxygen atoms in total. The first-order valence-corrected chi connectivity index (χ1v) is 5.85. The van der Waals surface area contributed by atoms with Crippen molar-refractivity contribution in [2.24, 2.45) is 0 Å². The van der Waals surface area contributed by atoms with Crippen LogP contribution in [0, 0.1) is 0 Å². The van der Waals surface area contributed by atoms with Crippen LogP contribution in [0.25, 0.3) is 0 Å². The lowest BCUT2D eigenvalue weighted by Gasteiger charge is -2.22. The molecule has 1 heterocycles. The van der Waals surface area contributed by atoms with Gasteiger partial charge in [0, 0.05) is 23.0 Å². The molecule has 0 bridgehead atoms. The Morgan fingerprint density at radius 2 is 2.43 bits per heavy atom. The maximum absolute atomic E-state index is 5.89. The first-order chi connectivity index (χ1) is 6.84. The fourth-order valence-electron chi connectivity index (χ4n) is 1.31. The molecule has 0 amide bonds.